The predicted octanol–water partition coefficient (Wildman–Crippen LogP) is 3.99. The molecule has 1 N–H and O–H groups in total. The van der Waals surface area contributed by atoms with Crippen molar-refractivity contribution < 1.29 is 4.92 Å². The monoisotopic (exact) mass is 519 g/mol. The van der Waals surface area contributed by atoms with Crippen molar-refractivity contribution in [2.24, 2.45) is 0 Å². The van der Waals surface area contributed by atoms with E-state index >= 15 is 0 Å². The SMILES string of the molecule is CCCc1nn2c(=O)cc(N3CCN(c4ccc([N+](=O)[O-])c(NCCc5ccccc5)c4)CC3)nc2s1. The van der Waals surface area contributed by atoms with Crippen LogP contribution in [-0.4, -0.2) is 52.2 Å². The molecule has 192 valence electrons. The van der Waals surface area contributed by atoms with Crippen molar-refractivity contribution in [2.75, 3.05) is 47.8 Å². The van der Waals surface area contributed by atoms with Gasteiger partial charge in [-0.15, -0.1) is 0 Å². The summed E-state index contributed by atoms with van der Waals surface area (Å²) in [6.07, 6.45) is 2.58. The second-order valence-corrected chi connectivity index (χ2v) is 10.0. The average Bonchev–Trinajstić information content (AvgIpc) is 3.33. The van der Waals surface area contributed by atoms with Gasteiger partial charge in [0.25, 0.3) is 11.2 Å². The molecule has 0 atom stereocenters. The number of nitrogens with one attached hydrogen (secondary N) is 1. The van der Waals surface area contributed by atoms with Gasteiger partial charge in [-0.05, 0) is 30.5 Å². The van der Waals surface area contributed by atoms with Crippen molar-refractivity contribution in [3.8, 4) is 0 Å². The molecule has 11 heteroatoms. The topological polar surface area (TPSA) is 109 Å². The van der Waals surface area contributed by atoms with Crippen LogP contribution in [0.2, 0.25) is 0 Å². The fourth-order valence-electron chi connectivity index (χ4n) is 4.52. The van der Waals surface area contributed by atoms with E-state index in [4.69, 9.17) is 4.98 Å². The highest BCUT2D eigenvalue weighted by molar-refractivity contribution is 7.16. The minimum absolute atomic E-state index is 0.0698. The zero-order valence-electron chi connectivity index (χ0n) is 20.7. The van der Waals surface area contributed by atoms with E-state index in [-0.39, 0.29) is 16.2 Å². The fourth-order valence-corrected chi connectivity index (χ4v) is 5.51. The second kappa shape index (κ2) is 11.0. The minimum atomic E-state index is -0.349. The van der Waals surface area contributed by atoms with Crippen LogP contribution in [0.15, 0.2) is 59.4 Å². The lowest BCUT2D eigenvalue weighted by atomic mass is 10.1. The summed E-state index contributed by atoms with van der Waals surface area (Å²) in [5.74, 6) is 0.670. The van der Waals surface area contributed by atoms with Gasteiger partial charge < -0.3 is 15.1 Å². The first-order chi connectivity index (χ1) is 18.0. The Balaban J connectivity index is 1.27. The molecule has 0 unspecified atom stereocenters. The van der Waals surface area contributed by atoms with Crippen LogP contribution >= 0.6 is 11.3 Å². The van der Waals surface area contributed by atoms with Gasteiger partial charge in [0.1, 0.15) is 16.5 Å². The normalized spacial score (nSPS) is 13.8. The molecule has 0 aliphatic carbocycles. The zero-order chi connectivity index (χ0) is 25.8. The van der Waals surface area contributed by atoms with Crippen LogP contribution in [-0.2, 0) is 12.8 Å². The predicted molar refractivity (Wildman–Crippen MR) is 147 cm³/mol. The number of fused-ring (bicyclic) bond motifs is 1. The van der Waals surface area contributed by atoms with Gasteiger partial charge in [-0.2, -0.15) is 9.61 Å². The number of benzene rings is 2. The Morgan fingerprint density at radius 3 is 2.51 bits per heavy atom. The lowest BCUT2D eigenvalue weighted by Gasteiger charge is -2.36. The first-order valence-corrected chi connectivity index (χ1v) is 13.3. The Bertz CT molecular complexity index is 1450. The lowest BCUT2D eigenvalue weighted by molar-refractivity contribution is -0.383. The van der Waals surface area contributed by atoms with Gasteiger partial charge in [-0.3, -0.25) is 14.9 Å². The Hall–Kier alpha value is -3.99. The van der Waals surface area contributed by atoms with Crippen molar-refractivity contribution in [1.82, 2.24) is 14.6 Å². The molecule has 2 aromatic heterocycles. The standard InChI is InChI=1S/C26H29N7O3S/c1-2-6-24-29-32-25(34)18-23(28-26(32)37-24)31-15-13-30(14-16-31)20-9-10-22(33(35)36)21(17-20)27-12-11-19-7-4-3-5-8-19/h3-5,7-10,17-18,27H,2,6,11-16H2,1H3. The highest BCUT2D eigenvalue weighted by Crippen LogP contribution is 2.30. The fraction of sp³-hybridized carbons (Fsp3) is 0.346. The van der Waals surface area contributed by atoms with Gasteiger partial charge in [-0.25, -0.2) is 4.98 Å². The third-order valence-corrected chi connectivity index (χ3v) is 7.42. The van der Waals surface area contributed by atoms with Crippen LogP contribution in [0, 0.1) is 10.1 Å². The van der Waals surface area contributed by atoms with Crippen LogP contribution in [0.1, 0.15) is 23.9 Å². The minimum Gasteiger partial charge on any atom is -0.379 e. The number of nitrogens with zero attached hydrogens (tertiary/aromatic N) is 6. The molecule has 0 bridgehead atoms. The summed E-state index contributed by atoms with van der Waals surface area (Å²) < 4.78 is 1.39. The van der Waals surface area contributed by atoms with Gasteiger partial charge in [0.2, 0.25) is 4.96 Å². The molecule has 2 aromatic carbocycles. The number of piperazine rings is 1. The molecular formula is C26H29N7O3S. The molecule has 5 rings (SSSR count). The number of nitro groups is 1. The molecule has 0 radical (unpaired) electrons. The molecular weight excluding hydrogens is 490 g/mol. The number of aryl methyl sites for hydroxylation is 1. The Morgan fingerprint density at radius 1 is 1.03 bits per heavy atom. The van der Waals surface area contributed by atoms with Crippen LogP contribution in [0.3, 0.4) is 0 Å². The average molecular weight is 520 g/mol. The Labute approximate surface area is 218 Å². The van der Waals surface area contributed by atoms with Crippen molar-refractivity contribution >= 4 is 39.2 Å². The number of aromatic nitrogens is 3. The van der Waals surface area contributed by atoms with Gasteiger partial charge in [-0.1, -0.05) is 48.6 Å². The van der Waals surface area contributed by atoms with E-state index < -0.39 is 0 Å². The summed E-state index contributed by atoms with van der Waals surface area (Å²) in [5.41, 5.74) is 2.54. The van der Waals surface area contributed by atoms with Gasteiger partial charge in [0.15, 0.2) is 0 Å². The molecule has 1 fully saturated rings. The number of anilines is 3. The van der Waals surface area contributed by atoms with E-state index in [2.05, 4.69) is 27.1 Å². The number of nitro benzene ring substituents is 1. The molecule has 1 saturated heterocycles. The van der Waals surface area contributed by atoms with Gasteiger partial charge in [0, 0.05) is 57.0 Å². The summed E-state index contributed by atoms with van der Waals surface area (Å²) in [6.45, 7) is 5.50. The molecule has 0 saturated carbocycles. The largest absolute Gasteiger partial charge is 0.379 e. The van der Waals surface area contributed by atoms with Crippen LogP contribution in [0.25, 0.3) is 4.96 Å². The maximum Gasteiger partial charge on any atom is 0.292 e. The van der Waals surface area contributed by atoms with Crippen LogP contribution < -0.4 is 20.7 Å². The van der Waals surface area contributed by atoms with Crippen molar-refractivity contribution in [1.29, 1.82) is 0 Å². The summed E-state index contributed by atoms with van der Waals surface area (Å²) in [6, 6.07) is 16.8. The van der Waals surface area contributed by atoms with Crippen molar-refractivity contribution in [3.63, 3.8) is 0 Å². The van der Waals surface area contributed by atoms with E-state index in [9.17, 15) is 14.9 Å². The lowest BCUT2D eigenvalue weighted by Crippen LogP contribution is -2.47. The van der Waals surface area contributed by atoms with Crippen LogP contribution in [0.4, 0.5) is 22.9 Å². The first-order valence-electron chi connectivity index (χ1n) is 12.5. The van der Waals surface area contributed by atoms with E-state index in [1.165, 1.54) is 21.4 Å². The van der Waals surface area contributed by atoms with Crippen molar-refractivity contribution in [2.45, 2.75) is 26.2 Å². The Morgan fingerprint density at radius 2 is 1.78 bits per heavy atom. The van der Waals surface area contributed by atoms with Crippen LogP contribution in [0.5, 0.6) is 0 Å². The molecule has 37 heavy (non-hydrogen) atoms. The van der Waals surface area contributed by atoms with E-state index in [0.29, 0.717) is 49.2 Å². The summed E-state index contributed by atoms with van der Waals surface area (Å²) in [7, 11) is 0. The smallest absolute Gasteiger partial charge is 0.292 e. The third kappa shape index (κ3) is 5.56. The summed E-state index contributed by atoms with van der Waals surface area (Å²) in [4.78, 5) is 33.5. The van der Waals surface area contributed by atoms with E-state index in [0.717, 1.165) is 30.0 Å². The van der Waals surface area contributed by atoms with E-state index in [1.54, 1.807) is 18.2 Å². The first kappa shape index (κ1) is 24.7. The molecule has 10 nitrogen and oxygen atoms in total. The molecule has 0 spiro atoms. The van der Waals surface area contributed by atoms with Crippen molar-refractivity contribution in [3.05, 3.63) is 85.6 Å². The second-order valence-electron chi connectivity index (χ2n) is 8.99. The van der Waals surface area contributed by atoms with Gasteiger partial charge in [0.05, 0.1) is 4.92 Å². The zero-order valence-corrected chi connectivity index (χ0v) is 21.5. The maximum absolute atomic E-state index is 12.6. The summed E-state index contributed by atoms with van der Waals surface area (Å²) in [5, 5.41) is 20.2. The Kier molecular flexibility index (Phi) is 7.31. The van der Waals surface area contributed by atoms with E-state index in [1.807, 2.05) is 36.4 Å². The molecule has 1 aliphatic heterocycles. The highest BCUT2D eigenvalue weighted by Gasteiger charge is 2.22. The molecule has 4 aromatic rings. The highest BCUT2D eigenvalue weighted by atomic mass is 32.1. The number of rotatable bonds is 9. The maximum atomic E-state index is 12.6. The quantitative estimate of drug-likeness (QED) is 0.261. The summed E-state index contributed by atoms with van der Waals surface area (Å²) >= 11 is 1.46. The third-order valence-electron chi connectivity index (χ3n) is 6.45. The molecule has 1 aliphatic rings. The number of hydrogen-bond acceptors (Lipinski definition) is 9. The number of hydrogen-bond donors (Lipinski definition) is 1. The molecule has 3 heterocycles. The van der Waals surface area contributed by atoms with Gasteiger partial charge >= 0.3 is 0 Å². The molecule has 0 amide bonds.